The number of hydrogen-bond donors (Lipinski definition) is 0. The monoisotopic (exact) mass is 332 g/mol. The molecule has 0 aromatic heterocycles. The predicted molar refractivity (Wildman–Crippen MR) is 94.6 cm³/mol. The van der Waals surface area contributed by atoms with Crippen molar-refractivity contribution in [2.75, 3.05) is 7.11 Å². The number of benzene rings is 3. The molecule has 4 heteroatoms. The molecule has 0 aliphatic rings. The fourth-order valence-electron chi connectivity index (χ4n) is 2.40. The predicted octanol–water partition coefficient (Wildman–Crippen LogP) is 4.36. The van der Waals surface area contributed by atoms with Crippen molar-refractivity contribution in [3.63, 3.8) is 0 Å². The van der Waals surface area contributed by atoms with Crippen LogP contribution in [0.4, 0.5) is 0 Å². The molecular formula is C21H16O4. The Hall–Kier alpha value is -3.40. The van der Waals surface area contributed by atoms with Gasteiger partial charge in [0.25, 0.3) is 0 Å². The number of rotatable bonds is 4. The average Bonchev–Trinajstić information content (AvgIpc) is 2.68. The summed E-state index contributed by atoms with van der Waals surface area (Å²) in [6.45, 7) is 0. The van der Waals surface area contributed by atoms with Gasteiger partial charge in [-0.2, -0.15) is 0 Å². The first kappa shape index (κ1) is 16.5. The first-order valence-electron chi connectivity index (χ1n) is 7.73. The first-order chi connectivity index (χ1) is 12.2. The van der Waals surface area contributed by atoms with E-state index in [1.54, 1.807) is 30.3 Å². The summed E-state index contributed by atoms with van der Waals surface area (Å²) in [6, 6.07) is 23.4. The Balaban J connectivity index is 1.74. The van der Waals surface area contributed by atoms with Gasteiger partial charge in [-0.15, -0.1) is 0 Å². The molecule has 0 aliphatic heterocycles. The van der Waals surface area contributed by atoms with Crippen LogP contribution in [0.1, 0.15) is 20.7 Å². The number of esters is 2. The van der Waals surface area contributed by atoms with E-state index in [4.69, 9.17) is 4.74 Å². The molecule has 0 spiro atoms. The van der Waals surface area contributed by atoms with Crippen LogP contribution in [0.25, 0.3) is 11.1 Å². The third-order valence-corrected chi connectivity index (χ3v) is 3.69. The molecule has 3 rings (SSSR count). The number of methoxy groups -OCH3 is 1. The largest absolute Gasteiger partial charge is 0.465 e. The summed E-state index contributed by atoms with van der Waals surface area (Å²) in [5.41, 5.74) is 2.86. The van der Waals surface area contributed by atoms with Gasteiger partial charge in [-0.3, -0.25) is 0 Å². The van der Waals surface area contributed by atoms with Crippen molar-refractivity contribution in [3.05, 3.63) is 90.0 Å². The van der Waals surface area contributed by atoms with E-state index in [9.17, 15) is 9.59 Å². The zero-order chi connectivity index (χ0) is 17.6. The van der Waals surface area contributed by atoms with E-state index in [1.807, 2.05) is 42.5 Å². The average molecular weight is 332 g/mol. The lowest BCUT2D eigenvalue weighted by atomic mass is 10.0. The van der Waals surface area contributed by atoms with E-state index < -0.39 is 11.9 Å². The lowest BCUT2D eigenvalue weighted by Gasteiger charge is -2.07. The van der Waals surface area contributed by atoms with Crippen LogP contribution in [0.2, 0.25) is 0 Å². The third-order valence-electron chi connectivity index (χ3n) is 3.69. The fraction of sp³-hybridized carbons (Fsp3) is 0.0476. The second-order valence-corrected chi connectivity index (χ2v) is 5.35. The standard InChI is InChI=1S/C21H16O4/c1-24-20(22)18-8-5-9-19(14-18)25-21(23)17-12-10-16(11-13-17)15-6-3-2-4-7-15/h2-14H,1H3. The number of hydrogen-bond acceptors (Lipinski definition) is 4. The van der Waals surface area contributed by atoms with Crippen molar-refractivity contribution in [1.29, 1.82) is 0 Å². The zero-order valence-electron chi connectivity index (χ0n) is 13.6. The summed E-state index contributed by atoms with van der Waals surface area (Å²) in [5.74, 6) is -0.674. The van der Waals surface area contributed by atoms with Crippen LogP contribution in [0.15, 0.2) is 78.9 Å². The van der Waals surface area contributed by atoms with Crippen LogP contribution in [-0.2, 0) is 4.74 Å². The summed E-state index contributed by atoms with van der Waals surface area (Å²) < 4.78 is 9.99. The minimum atomic E-state index is -0.485. The third kappa shape index (κ3) is 3.93. The lowest BCUT2D eigenvalue weighted by molar-refractivity contribution is 0.0597. The van der Waals surface area contributed by atoms with Crippen molar-refractivity contribution in [1.82, 2.24) is 0 Å². The Labute approximate surface area is 145 Å². The summed E-state index contributed by atoms with van der Waals surface area (Å²) in [7, 11) is 1.30. The van der Waals surface area contributed by atoms with Gasteiger partial charge in [0.2, 0.25) is 0 Å². The van der Waals surface area contributed by atoms with Gasteiger partial charge in [0, 0.05) is 0 Å². The van der Waals surface area contributed by atoms with Gasteiger partial charge in [-0.1, -0.05) is 48.5 Å². The molecule has 0 heterocycles. The highest BCUT2D eigenvalue weighted by Crippen LogP contribution is 2.20. The highest BCUT2D eigenvalue weighted by molar-refractivity contribution is 5.93. The van der Waals surface area contributed by atoms with Gasteiger partial charge >= 0.3 is 11.9 Å². The molecule has 25 heavy (non-hydrogen) atoms. The Morgan fingerprint density at radius 1 is 0.680 bits per heavy atom. The lowest BCUT2D eigenvalue weighted by Crippen LogP contribution is -2.09. The summed E-state index contributed by atoms with van der Waals surface area (Å²) >= 11 is 0. The van der Waals surface area contributed by atoms with E-state index in [-0.39, 0.29) is 0 Å². The molecule has 3 aromatic rings. The van der Waals surface area contributed by atoms with E-state index in [2.05, 4.69) is 4.74 Å². The molecule has 124 valence electrons. The normalized spacial score (nSPS) is 10.1. The molecular weight excluding hydrogens is 316 g/mol. The van der Waals surface area contributed by atoms with Gasteiger partial charge < -0.3 is 9.47 Å². The van der Waals surface area contributed by atoms with Crippen molar-refractivity contribution in [2.45, 2.75) is 0 Å². The van der Waals surface area contributed by atoms with Crippen molar-refractivity contribution in [3.8, 4) is 16.9 Å². The quantitative estimate of drug-likeness (QED) is 0.526. The number of carbonyl (C=O) groups is 2. The molecule has 0 saturated heterocycles. The van der Waals surface area contributed by atoms with Crippen molar-refractivity contribution in [2.24, 2.45) is 0 Å². The van der Waals surface area contributed by atoms with Crippen LogP contribution in [0.5, 0.6) is 5.75 Å². The maximum Gasteiger partial charge on any atom is 0.343 e. The molecule has 0 amide bonds. The Morgan fingerprint density at radius 2 is 1.36 bits per heavy atom. The van der Waals surface area contributed by atoms with Gasteiger partial charge in [-0.25, -0.2) is 9.59 Å². The fourth-order valence-corrected chi connectivity index (χ4v) is 2.40. The Kier molecular flexibility index (Phi) is 4.90. The molecule has 0 fully saturated rings. The second kappa shape index (κ2) is 7.45. The molecule has 3 aromatic carbocycles. The Morgan fingerprint density at radius 3 is 2.04 bits per heavy atom. The summed E-state index contributed by atoms with van der Waals surface area (Å²) in [6.07, 6.45) is 0. The molecule has 0 unspecified atom stereocenters. The molecule has 0 aliphatic carbocycles. The number of carbonyl (C=O) groups excluding carboxylic acids is 2. The Bertz CT molecular complexity index is 883. The van der Waals surface area contributed by atoms with Crippen LogP contribution >= 0.6 is 0 Å². The van der Waals surface area contributed by atoms with Gasteiger partial charge in [-0.05, 0) is 41.5 Å². The van der Waals surface area contributed by atoms with E-state index in [1.165, 1.54) is 13.2 Å². The molecule has 0 bridgehead atoms. The van der Waals surface area contributed by atoms with Gasteiger partial charge in [0.05, 0.1) is 18.2 Å². The highest BCUT2D eigenvalue weighted by Gasteiger charge is 2.11. The van der Waals surface area contributed by atoms with E-state index in [0.29, 0.717) is 16.9 Å². The topological polar surface area (TPSA) is 52.6 Å². The molecule has 0 radical (unpaired) electrons. The zero-order valence-corrected chi connectivity index (χ0v) is 13.6. The van der Waals surface area contributed by atoms with Crippen LogP contribution in [0.3, 0.4) is 0 Å². The minimum Gasteiger partial charge on any atom is -0.465 e. The minimum absolute atomic E-state index is 0.292. The van der Waals surface area contributed by atoms with E-state index in [0.717, 1.165) is 11.1 Å². The van der Waals surface area contributed by atoms with Crippen LogP contribution < -0.4 is 4.74 Å². The molecule has 0 saturated carbocycles. The van der Waals surface area contributed by atoms with E-state index >= 15 is 0 Å². The smallest absolute Gasteiger partial charge is 0.343 e. The van der Waals surface area contributed by atoms with Crippen molar-refractivity contribution >= 4 is 11.9 Å². The van der Waals surface area contributed by atoms with Crippen molar-refractivity contribution < 1.29 is 19.1 Å². The molecule has 0 atom stereocenters. The second-order valence-electron chi connectivity index (χ2n) is 5.35. The molecule has 4 nitrogen and oxygen atoms in total. The summed E-state index contributed by atoms with van der Waals surface area (Å²) in [5, 5.41) is 0. The van der Waals surface area contributed by atoms with Gasteiger partial charge in [0.1, 0.15) is 5.75 Å². The van der Waals surface area contributed by atoms with Gasteiger partial charge in [0.15, 0.2) is 0 Å². The summed E-state index contributed by atoms with van der Waals surface area (Å²) in [4.78, 5) is 23.8. The SMILES string of the molecule is COC(=O)c1cccc(OC(=O)c2ccc(-c3ccccc3)cc2)c1. The first-order valence-corrected chi connectivity index (χ1v) is 7.73. The van der Waals surface area contributed by atoms with Crippen LogP contribution in [-0.4, -0.2) is 19.0 Å². The highest BCUT2D eigenvalue weighted by atomic mass is 16.5. The molecule has 0 N–H and O–H groups in total. The maximum absolute atomic E-state index is 12.3. The maximum atomic E-state index is 12.3. The number of ether oxygens (including phenoxy) is 2. The van der Waals surface area contributed by atoms with Crippen LogP contribution in [0, 0.1) is 0 Å².